The quantitative estimate of drug-likeness (QED) is 0.685. The minimum absolute atomic E-state index is 0.0457. The van der Waals surface area contributed by atoms with Gasteiger partial charge in [0.15, 0.2) is 0 Å². The molecule has 2 aromatic rings. The summed E-state index contributed by atoms with van der Waals surface area (Å²) in [6.45, 7) is 0.266. The minimum atomic E-state index is -3.52. The number of carboxylic acids is 1. The second-order valence-electron chi connectivity index (χ2n) is 4.53. The van der Waals surface area contributed by atoms with E-state index in [1.165, 1.54) is 6.07 Å². The molecule has 1 aromatic heterocycles. The molecular formula is C13H15N3O4S. The van der Waals surface area contributed by atoms with Crippen molar-refractivity contribution < 1.29 is 18.3 Å². The van der Waals surface area contributed by atoms with Crippen LogP contribution in [-0.2, 0) is 10.0 Å². The zero-order valence-electron chi connectivity index (χ0n) is 11.1. The van der Waals surface area contributed by atoms with Crippen molar-refractivity contribution in [3.05, 3.63) is 35.9 Å². The first-order valence-electron chi connectivity index (χ1n) is 6.24. The molecule has 2 rings (SSSR count). The van der Waals surface area contributed by atoms with Gasteiger partial charge >= 0.3 is 5.97 Å². The Bertz CT molecular complexity index is 774. The number of sulfonamides is 1. The fourth-order valence-corrected chi connectivity index (χ4v) is 2.44. The number of benzene rings is 1. The molecule has 8 heteroatoms. The number of nitrogens with two attached hydrogens (primary N) is 1. The van der Waals surface area contributed by atoms with Gasteiger partial charge in [-0.05, 0) is 18.6 Å². The second-order valence-corrected chi connectivity index (χ2v) is 6.26. The number of hydrogen-bond donors (Lipinski definition) is 3. The highest BCUT2D eigenvalue weighted by Crippen LogP contribution is 2.20. The number of aromatic carboxylic acids is 1. The number of rotatable bonds is 6. The van der Waals surface area contributed by atoms with Crippen LogP contribution in [0.5, 0.6) is 0 Å². The summed E-state index contributed by atoms with van der Waals surface area (Å²) in [6, 6.07) is 8.69. The first kappa shape index (κ1) is 15.2. The van der Waals surface area contributed by atoms with Gasteiger partial charge in [0.25, 0.3) is 0 Å². The molecule has 0 radical (unpaired) electrons. The molecule has 1 aromatic carbocycles. The third kappa shape index (κ3) is 4.14. The van der Waals surface area contributed by atoms with Crippen LogP contribution in [0.4, 0.5) is 5.82 Å². The predicted molar refractivity (Wildman–Crippen MR) is 79.8 cm³/mol. The van der Waals surface area contributed by atoms with Crippen LogP contribution >= 0.6 is 0 Å². The van der Waals surface area contributed by atoms with Crippen LogP contribution < -0.4 is 10.5 Å². The molecule has 0 saturated heterocycles. The molecule has 0 amide bonds. The van der Waals surface area contributed by atoms with Gasteiger partial charge in [-0.25, -0.2) is 23.3 Å². The van der Waals surface area contributed by atoms with Crippen LogP contribution in [-0.4, -0.2) is 36.8 Å². The van der Waals surface area contributed by atoms with E-state index in [9.17, 15) is 18.3 Å². The summed E-state index contributed by atoms with van der Waals surface area (Å²) in [7, 11) is -3.52. The smallest absolute Gasteiger partial charge is 0.339 e. The Morgan fingerprint density at radius 2 is 2.05 bits per heavy atom. The first-order chi connectivity index (χ1) is 9.87. The number of carbonyl (C=O) groups is 1. The van der Waals surface area contributed by atoms with Crippen LogP contribution in [0.2, 0.25) is 0 Å². The zero-order chi connectivity index (χ0) is 15.5. The third-order valence-electron chi connectivity index (χ3n) is 2.85. The molecule has 0 aliphatic heterocycles. The van der Waals surface area contributed by atoms with E-state index in [0.717, 1.165) is 5.39 Å². The van der Waals surface area contributed by atoms with Crippen molar-refractivity contribution in [1.82, 2.24) is 4.98 Å². The lowest BCUT2D eigenvalue weighted by Crippen LogP contribution is -2.19. The maximum absolute atomic E-state index is 11.3. The zero-order valence-corrected chi connectivity index (χ0v) is 11.9. The number of primary sulfonamides is 1. The van der Waals surface area contributed by atoms with Gasteiger partial charge < -0.3 is 10.4 Å². The normalized spacial score (nSPS) is 11.5. The lowest BCUT2D eigenvalue weighted by molar-refractivity contribution is 0.0697. The molecule has 112 valence electrons. The van der Waals surface area contributed by atoms with Crippen LogP contribution in [0.25, 0.3) is 10.9 Å². The van der Waals surface area contributed by atoms with Crippen LogP contribution in [0, 0.1) is 0 Å². The molecule has 21 heavy (non-hydrogen) atoms. The van der Waals surface area contributed by atoms with E-state index < -0.39 is 16.0 Å². The number of fused-ring (bicyclic) bond motifs is 1. The maximum atomic E-state index is 11.3. The molecule has 1 heterocycles. The number of pyridine rings is 1. The predicted octanol–water partition coefficient (Wildman–Crippen LogP) is 1.02. The van der Waals surface area contributed by atoms with Gasteiger partial charge in [-0.15, -0.1) is 0 Å². The van der Waals surface area contributed by atoms with E-state index >= 15 is 0 Å². The average molecular weight is 309 g/mol. The molecule has 0 bridgehead atoms. The molecule has 0 spiro atoms. The molecule has 7 nitrogen and oxygen atoms in total. The minimum Gasteiger partial charge on any atom is -0.478 e. The van der Waals surface area contributed by atoms with E-state index in [4.69, 9.17) is 5.14 Å². The summed E-state index contributed by atoms with van der Waals surface area (Å²) in [4.78, 5) is 15.5. The van der Waals surface area contributed by atoms with Crippen molar-refractivity contribution in [3.63, 3.8) is 0 Å². The highest BCUT2D eigenvalue weighted by Gasteiger charge is 2.13. The fourth-order valence-electron chi connectivity index (χ4n) is 1.89. The average Bonchev–Trinajstić information content (AvgIpc) is 2.41. The number of nitrogens with zero attached hydrogens (tertiary/aromatic N) is 1. The van der Waals surface area contributed by atoms with Crippen LogP contribution in [0.1, 0.15) is 16.8 Å². The number of aromatic nitrogens is 1. The fraction of sp³-hybridized carbons (Fsp3) is 0.231. The summed E-state index contributed by atoms with van der Waals surface area (Å²) >= 11 is 0. The molecule has 0 aliphatic rings. The second kappa shape index (κ2) is 6.06. The Hall–Kier alpha value is -2.19. The van der Waals surface area contributed by atoms with Gasteiger partial charge in [0, 0.05) is 11.9 Å². The van der Waals surface area contributed by atoms with Crippen molar-refractivity contribution in [3.8, 4) is 0 Å². The van der Waals surface area contributed by atoms with E-state index in [1.54, 1.807) is 24.3 Å². The molecule has 4 N–H and O–H groups in total. The van der Waals surface area contributed by atoms with Gasteiger partial charge in [-0.2, -0.15) is 0 Å². The highest BCUT2D eigenvalue weighted by atomic mass is 32.2. The monoisotopic (exact) mass is 309 g/mol. The van der Waals surface area contributed by atoms with Gasteiger partial charge in [0.05, 0.1) is 11.3 Å². The van der Waals surface area contributed by atoms with E-state index in [0.29, 0.717) is 5.52 Å². The Morgan fingerprint density at radius 3 is 2.71 bits per heavy atom. The van der Waals surface area contributed by atoms with E-state index in [2.05, 4.69) is 10.3 Å². The van der Waals surface area contributed by atoms with Gasteiger partial charge in [-0.1, -0.05) is 18.2 Å². The van der Waals surface area contributed by atoms with Crippen molar-refractivity contribution in [2.24, 2.45) is 5.14 Å². The van der Waals surface area contributed by atoms with E-state index in [1.807, 2.05) is 0 Å². The van der Waals surface area contributed by atoms with Gasteiger partial charge in [-0.3, -0.25) is 0 Å². The van der Waals surface area contributed by atoms with Crippen molar-refractivity contribution >= 4 is 32.7 Å². The summed E-state index contributed by atoms with van der Waals surface area (Å²) in [5, 5.41) is 17.7. The highest BCUT2D eigenvalue weighted by molar-refractivity contribution is 7.89. The standard InChI is InChI=1S/C13H15N3O4S/c14-21(19,20)7-3-6-15-12-10(13(17)18)8-9-4-1-2-5-11(9)16-12/h1-2,4-5,8H,3,6-7H2,(H,15,16)(H,17,18)(H2,14,19,20). The molecule has 0 saturated carbocycles. The maximum Gasteiger partial charge on any atom is 0.339 e. The number of hydrogen-bond acceptors (Lipinski definition) is 5. The Kier molecular flexibility index (Phi) is 4.39. The van der Waals surface area contributed by atoms with Gasteiger partial charge in [0.2, 0.25) is 10.0 Å². The SMILES string of the molecule is NS(=O)(=O)CCCNc1nc2ccccc2cc1C(=O)O. The van der Waals surface area contributed by atoms with Crippen molar-refractivity contribution in [1.29, 1.82) is 0 Å². The number of nitrogens with one attached hydrogen (secondary N) is 1. The third-order valence-corrected chi connectivity index (χ3v) is 3.71. The summed E-state index contributed by atoms with van der Waals surface area (Å²) in [6.07, 6.45) is 0.270. The molecule has 0 aliphatic carbocycles. The Morgan fingerprint density at radius 1 is 1.33 bits per heavy atom. The van der Waals surface area contributed by atoms with Crippen molar-refractivity contribution in [2.45, 2.75) is 6.42 Å². The molecule has 0 atom stereocenters. The van der Waals surface area contributed by atoms with Crippen LogP contribution in [0.15, 0.2) is 30.3 Å². The molecule has 0 fully saturated rings. The Balaban J connectivity index is 2.21. The topological polar surface area (TPSA) is 122 Å². The van der Waals surface area contributed by atoms with Crippen LogP contribution in [0.3, 0.4) is 0 Å². The largest absolute Gasteiger partial charge is 0.478 e. The summed E-state index contributed by atoms with van der Waals surface area (Å²) < 4.78 is 21.7. The van der Waals surface area contributed by atoms with Crippen molar-refractivity contribution in [2.75, 3.05) is 17.6 Å². The molecule has 0 unspecified atom stereocenters. The van der Waals surface area contributed by atoms with E-state index in [-0.39, 0.29) is 30.1 Å². The summed E-state index contributed by atoms with van der Waals surface area (Å²) in [5.41, 5.74) is 0.709. The number of carboxylic acid groups (broad SMARTS) is 1. The summed E-state index contributed by atoms with van der Waals surface area (Å²) in [5.74, 6) is -1.05. The number of para-hydroxylation sites is 1. The lowest BCUT2D eigenvalue weighted by Gasteiger charge is -2.10. The first-order valence-corrected chi connectivity index (χ1v) is 7.96. The lowest BCUT2D eigenvalue weighted by atomic mass is 10.1. The molecular weight excluding hydrogens is 294 g/mol. The van der Waals surface area contributed by atoms with Gasteiger partial charge in [0.1, 0.15) is 11.4 Å². The Labute approximate surface area is 121 Å². The number of anilines is 1.